The predicted molar refractivity (Wildman–Crippen MR) is 77.0 cm³/mol. The van der Waals surface area contributed by atoms with Gasteiger partial charge in [-0.15, -0.1) is 0 Å². The zero-order valence-electron chi connectivity index (χ0n) is 12.3. The smallest absolute Gasteiger partial charge is 0.160 e. The van der Waals surface area contributed by atoms with Crippen LogP contribution >= 0.6 is 0 Å². The third-order valence-corrected chi connectivity index (χ3v) is 2.97. The van der Waals surface area contributed by atoms with Crippen LogP contribution in [0.4, 0.5) is 0 Å². The average Bonchev–Trinajstić information content (AvgIpc) is 2.38. The van der Waals surface area contributed by atoms with E-state index in [2.05, 4.69) is 12.2 Å². The van der Waals surface area contributed by atoms with Gasteiger partial charge in [-0.2, -0.15) is 0 Å². The number of rotatable bonds is 8. The minimum absolute atomic E-state index is 0.573. The highest BCUT2D eigenvalue weighted by Crippen LogP contribution is 2.28. The fourth-order valence-corrected chi connectivity index (χ4v) is 2.03. The molecular formula is C15H25NO3. The Morgan fingerprint density at radius 3 is 2.47 bits per heavy atom. The monoisotopic (exact) mass is 267 g/mol. The van der Waals surface area contributed by atoms with E-state index >= 15 is 0 Å². The van der Waals surface area contributed by atoms with E-state index in [0.717, 1.165) is 18.5 Å². The first-order valence-corrected chi connectivity index (χ1v) is 6.66. The van der Waals surface area contributed by atoms with Gasteiger partial charge in [0.1, 0.15) is 0 Å². The second-order valence-corrected chi connectivity index (χ2v) is 5.04. The highest BCUT2D eigenvalue weighted by atomic mass is 16.5. The molecule has 0 amide bonds. The van der Waals surface area contributed by atoms with Crippen molar-refractivity contribution in [3.63, 3.8) is 0 Å². The quantitative estimate of drug-likeness (QED) is 0.707. The molecule has 1 atom stereocenters. The summed E-state index contributed by atoms with van der Waals surface area (Å²) in [6.45, 7) is 5.44. The molecule has 4 heteroatoms. The van der Waals surface area contributed by atoms with Crippen molar-refractivity contribution in [1.29, 1.82) is 0 Å². The summed E-state index contributed by atoms with van der Waals surface area (Å²) in [6.07, 6.45) is 1.64. The molecule has 1 aromatic rings. The van der Waals surface area contributed by atoms with Gasteiger partial charge in [0.2, 0.25) is 0 Å². The third-order valence-electron chi connectivity index (χ3n) is 2.97. The Morgan fingerprint density at radius 2 is 1.89 bits per heavy atom. The number of hydrogen-bond donors (Lipinski definition) is 2. The summed E-state index contributed by atoms with van der Waals surface area (Å²) < 4.78 is 10.5. The zero-order chi connectivity index (χ0) is 14.3. The van der Waals surface area contributed by atoms with Crippen LogP contribution in [-0.4, -0.2) is 38.0 Å². The molecule has 1 unspecified atom stereocenters. The molecule has 0 radical (unpaired) electrons. The van der Waals surface area contributed by atoms with Crippen molar-refractivity contribution in [1.82, 2.24) is 5.32 Å². The first kappa shape index (κ1) is 15.8. The molecular weight excluding hydrogens is 242 g/mol. The summed E-state index contributed by atoms with van der Waals surface area (Å²) in [4.78, 5) is 0. The van der Waals surface area contributed by atoms with Crippen LogP contribution in [0.5, 0.6) is 11.5 Å². The fourth-order valence-electron chi connectivity index (χ4n) is 2.03. The maximum Gasteiger partial charge on any atom is 0.160 e. The number of benzene rings is 1. The molecule has 0 saturated heterocycles. The second-order valence-electron chi connectivity index (χ2n) is 5.04. The van der Waals surface area contributed by atoms with Gasteiger partial charge >= 0.3 is 0 Å². The van der Waals surface area contributed by atoms with Gasteiger partial charge in [0.25, 0.3) is 0 Å². The molecule has 0 bridgehead atoms. The number of methoxy groups -OCH3 is 2. The summed E-state index contributed by atoms with van der Waals surface area (Å²) in [5.74, 6) is 1.40. The van der Waals surface area contributed by atoms with Gasteiger partial charge in [0.05, 0.1) is 19.8 Å². The number of nitrogens with one attached hydrogen (secondary N) is 1. The summed E-state index contributed by atoms with van der Waals surface area (Å²) in [5, 5.41) is 13.6. The summed E-state index contributed by atoms with van der Waals surface area (Å²) >= 11 is 0. The van der Waals surface area contributed by atoms with Crippen LogP contribution in [0.1, 0.15) is 25.8 Å². The van der Waals surface area contributed by atoms with E-state index in [1.807, 2.05) is 25.1 Å². The molecule has 0 fully saturated rings. The topological polar surface area (TPSA) is 50.7 Å². The highest BCUT2D eigenvalue weighted by Gasteiger charge is 2.21. The van der Waals surface area contributed by atoms with E-state index in [0.29, 0.717) is 24.5 Å². The van der Waals surface area contributed by atoms with Gasteiger partial charge in [-0.3, -0.25) is 0 Å². The molecule has 4 nitrogen and oxygen atoms in total. The van der Waals surface area contributed by atoms with E-state index in [4.69, 9.17) is 9.47 Å². The van der Waals surface area contributed by atoms with E-state index in [-0.39, 0.29) is 0 Å². The Hall–Kier alpha value is -1.26. The van der Waals surface area contributed by atoms with Crippen LogP contribution in [0, 0.1) is 0 Å². The Kier molecular flexibility index (Phi) is 6.12. The molecule has 0 heterocycles. The lowest BCUT2D eigenvalue weighted by atomic mass is 9.96. The van der Waals surface area contributed by atoms with Crippen LogP contribution in [0.25, 0.3) is 0 Å². The molecule has 0 aromatic heterocycles. The van der Waals surface area contributed by atoms with Gasteiger partial charge in [-0.1, -0.05) is 13.0 Å². The molecule has 1 aromatic carbocycles. The minimum Gasteiger partial charge on any atom is -0.493 e. The van der Waals surface area contributed by atoms with Crippen molar-refractivity contribution < 1.29 is 14.6 Å². The highest BCUT2D eigenvalue weighted by molar-refractivity contribution is 5.43. The predicted octanol–water partition coefficient (Wildman–Crippen LogP) is 2.00. The number of aliphatic hydroxyl groups is 1. The van der Waals surface area contributed by atoms with E-state index in [9.17, 15) is 5.11 Å². The molecule has 108 valence electrons. The molecule has 0 aliphatic rings. The summed E-state index contributed by atoms with van der Waals surface area (Å²) in [7, 11) is 3.23. The maximum absolute atomic E-state index is 10.4. The SMILES string of the molecule is CCCNCC(C)(O)Cc1ccc(OC)c(OC)c1. The van der Waals surface area contributed by atoms with E-state index < -0.39 is 5.60 Å². The van der Waals surface area contributed by atoms with E-state index in [1.54, 1.807) is 14.2 Å². The molecule has 0 aliphatic carbocycles. The molecule has 2 N–H and O–H groups in total. The van der Waals surface area contributed by atoms with Gasteiger partial charge < -0.3 is 19.9 Å². The first-order valence-electron chi connectivity index (χ1n) is 6.66. The second kappa shape index (κ2) is 7.36. The van der Waals surface area contributed by atoms with Crippen molar-refractivity contribution in [3.8, 4) is 11.5 Å². The van der Waals surface area contributed by atoms with Gasteiger partial charge in [-0.05, 0) is 37.6 Å². The Balaban J connectivity index is 2.70. The zero-order valence-corrected chi connectivity index (χ0v) is 12.3. The molecule has 0 spiro atoms. The van der Waals surface area contributed by atoms with Crippen LogP contribution in [0.2, 0.25) is 0 Å². The van der Waals surface area contributed by atoms with Crippen molar-refractivity contribution >= 4 is 0 Å². The normalized spacial score (nSPS) is 13.9. The fraction of sp³-hybridized carbons (Fsp3) is 0.600. The number of ether oxygens (including phenoxy) is 2. The van der Waals surface area contributed by atoms with Crippen LogP contribution in [0.15, 0.2) is 18.2 Å². The minimum atomic E-state index is -0.769. The lowest BCUT2D eigenvalue weighted by Crippen LogP contribution is -2.40. The van der Waals surface area contributed by atoms with E-state index in [1.165, 1.54) is 0 Å². The number of hydrogen-bond acceptors (Lipinski definition) is 4. The largest absolute Gasteiger partial charge is 0.493 e. The Morgan fingerprint density at radius 1 is 1.21 bits per heavy atom. The van der Waals surface area contributed by atoms with Gasteiger partial charge in [-0.25, -0.2) is 0 Å². The molecule has 1 rings (SSSR count). The van der Waals surface area contributed by atoms with Gasteiger partial charge in [0.15, 0.2) is 11.5 Å². The van der Waals surface area contributed by atoms with Crippen molar-refractivity contribution in [3.05, 3.63) is 23.8 Å². The third kappa shape index (κ3) is 5.09. The van der Waals surface area contributed by atoms with Crippen molar-refractivity contribution in [2.75, 3.05) is 27.3 Å². The lowest BCUT2D eigenvalue weighted by molar-refractivity contribution is 0.0603. The summed E-state index contributed by atoms with van der Waals surface area (Å²) in [5.41, 5.74) is 0.260. The summed E-state index contributed by atoms with van der Waals surface area (Å²) in [6, 6.07) is 5.73. The molecule has 0 saturated carbocycles. The van der Waals surface area contributed by atoms with Gasteiger partial charge in [0, 0.05) is 13.0 Å². The Labute approximate surface area is 115 Å². The lowest BCUT2D eigenvalue weighted by Gasteiger charge is -2.24. The molecule has 0 aliphatic heterocycles. The first-order chi connectivity index (χ1) is 9.02. The average molecular weight is 267 g/mol. The van der Waals surface area contributed by atoms with Crippen molar-refractivity contribution in [2.24, 2.45) is 0 Å². The van der Waals surface area contributed by atoms with Crippen LogP contribution in [0.3, 0.4) is 0 Å². The standard InChI is InChI=1S/C15H25NO3/c1-5-8-16-11-15(2,17)10-12-6-7-13(18-3)14(9-12)19-4/h6-7,9,16-17H,5,8,10-11H2,1-4H3. The van der Waals surface area contributed by atoms with Crippen molar-refractivity contribution in [2.45, 2.75) is 32.3 Å². The Bertz CT molecular complexity index is 391. The maximum atomic E-state index is 10.4. The molecule has 19 heavy (non-hydrogen) atoms. The van der Waals surface area contributed by atoms with Crippen LogP contribution in [-0.2, 0) is 6.42 Å². The van der Waals surface area contributed by atoms with Crippen LogP contribution < -0.4 is 14.8 Å².